The predicted octanol–water partition coefficient (Wildman–Crippen LogP) is -0.837. The largest absolute Gasteiger partial charge is 0.394 e. The van der Waals surface area contributed by atoms with Crippen molar-refractivity contribution in [2.75, 3.05) is 103 Å². The van der Waals surface area contributed by atoms with Crippen LogP contribution in [0, 0.1) is 0 Å². The quantitative estimate of drug-likeness (QED) is 0.0219. The molecule has 0 radical (unpaired) electrons. The van der Waals surface area contributed by atoms with Crippen molar-refractivity contribution in [2.24, 2.45) is 0 Å². The lowest BCUT2D eigenvalue weighted by Crippen LogP contribution is -2.45. The van der Waals surface area contributed by atoms with Crippen molar-refractivity contribution in [1.82, 2.24) is 83.9 Å². The molecule has 3 aliphatic heterocycles. The van der Waals surface area contributed by atoms with E-state index in [0.29, 0.717) is 55.1 Å². The number of ether oxygens (including phenoxy) is 2. The van der Waals surface area contributed by atoms with Gasteiger partial charge in [0.15, 0.2) is 52.5 Å². The Morgan fingerprint density at radius 3 is 1.76 bits per heavy atom. The van der Waals surface area contributed by atoms with E-state index in [4.69, 9.17) is 9.47 Å². The molecule has 30 nitrogen and oxygen atoms in total. The summed E-state index contributed by atoms with van der Waals surface area (Å²) in [5, 5.41) is 73.6. The second-order valence-electron chi connectivity index (χ2n) is 19.5. The van der Waals surface area contributed by atoms with E-state index in [9.17, 15) is 44.7 Å². The predicted molar refractivity (Wildman–Crippen MR) is 307 cm³/mol. The maximum absolute atomic E-state index is 13.0. The number of aromatic nitrogens is 8. The van der Waals surface area contributed by atoms with E-state index in [2.05, 4.69) is 139 Å². The summed E-state index contributed by atoms with van der Waals surface area (Å²) in [5.41, 5.74) is 1.05. The van der Waals surface area contributed by atoms with Gasteiger partial charge in [-0.25, -0.2) is 34.7 Å². The summed E-state index contributed by atoms with van der Waals surface area (Å²) in [4.78, 5) is 80.6. The SMILES string of the molecule is C=C(NCCN1CCCCC1)N(I)CCNC(=O)c1nc(NC)c2ncn([C@@H]3O[C@H](C(=O)NCC)[C@@H](O)[C@H]3O)c2n1.CNc1nc(C(=O)NCCNC(=O)NCCN(C(C)C)C(C)C)nc2c1ncn2[C@@H]1O[C@H](CO)[C@@H](O)[C@H]1O.[HH].[HH].[HH].[HH]. The second-order valence-corrected chi connectivity index (χ2v) is 20.6. The minimum Gasteiger partial charge on any atom is -0.394 e. The molecule has 0 unspecified atom stereocenters. The average molecular weight is 1230 g/mol. The van der Waals surface area contributed by atoms with Crippen LogP contribution >= 0.6 is 22.9 Å². The molecule has 446 valence electrons. The molecule has 0 aliphatic carbocycles. The highest BCUT2D eigenvalue weighted by atomic mass is 127. The molecule has 3 fully saturated rings. The van der Waals surface area contributed by atoms with Crippen molar-refractivity contribution < 1.29 is 59.9 Å². The van der Waals surface area contributed by atoms with Crippen molar-refractivity contribution >= 4 is 80.6 Å². The van der Waals surface area contributed by atoms with E-state index in [-0.39, 0.29) is 53.6 Å². The minimum absolute atomic E-state index is 0. The molecular formula is C48H86IN19O11. The molecule has 13 N–H and O–H groups in total. The Labute approximate surface area is 477 Å². The lowest BCUT2D eigenvalue weighted by molar-refractivity contribution is -0.137. The van der Waals surface area contributed by atoms with Gasteiger partial charge in [0, 0.05) is 90.8 Å². The van der Waals surface area contributed by atoms with Crippen LogP contribution in [0.15, 0.2) is 25.1 Å². The van der Waals surface area contributed by atoms with E-state index in [0.717, 1.165) is 38.5 Å². The third-order valence-electron chi connectivity index (χ3n) is 13.4. The number of urea groups is 1. The molecule has 4 aromatic heterocycles. The number of aliphatic hydroxyl groups is 5. The van der Waals surface area contributed by atoms with Gasteiger partial charge in [0.1, 0.15) is 36.3 Å². The molecule has 7 rings (SSSR count). The topological polar surface area (TPSA) is 381 Å². The summed E-state index contributed by atoms with van der Waals surface area (Å²) in [7, 11) is 3.25. The number of imidazole rings is 2. The van der Waals surface area contributed by atoms with Gasteiger partial charge < -0.3 is 82.4 Å². The smallest absolute Gasteiger partial charge is 0.314 e. The number of hydrogen-bond acceptors (Lipinski definition) is 23. The van der Waals surface area contributed by atoms with E-state index in [1.165, 1.54) is 41.1 Å². The Morgan fingerprint density at radius 2 is 1.23 bits per heavy atom. The number of rotatable bonds is 25. The summed E-state index contributed by atoms with van der Waals surface area (Å²) in [5.74, 6) is -0.562. The van der Waals surface area contributed by atoms with Crippen LogP contribution in [0.3, 0.4) is 0 Å². The van der Waals surface area contributed by atoms with Gasteiger partial charge in [-0.1, -0.05) is 13.0 Å². The first kappa shape index (κ1) is 62.3. The van der Waals surface area contributed by atoms with Crippen LogP contribution in [0.5, 0.6) is 0 Å². The van der Waals surface area contributed by atoms with Crippen LogP contribution < -0.4 is 42.5 Å². The molecule has 4 aromatic rings. The van der Waals surface area contributed by atoms with Crippen molar-refractivity contribution in [2.45, 2.75) is 115 Å². The van der Waals surface area contributed by atoms with Gasteiger partial charge in [0.25, 0.3) is 17.7 Å². The van der Waals surface area contributed by atoms with Gasteiger partial charge in [-0.15, -0.1) is 0 Å². The number of amides is 5. The lowest BCUT2D eigenvalue weighted by Gasteiger charge is -2.30. The number of aliphatic hydroxyl groups excluding tert-OH is 5. The molecular weight excluding hydrogens is 1150 g/mol. The third kappa shape index (κ3) is 15.7. The summed E-state index contributed by atoms with van der Waals surface area (Å²) in [6, 6.07) is 0.418. The molecule has 3 saturated heterocycles. The Hall–Kier alpha value is -5.91. The summed E-state index contributed by atoms with van der Waals surface area (Å²) < 4.78 is 15.9. The minimum atomic E-state index is -1.46. The molecule has 0 saturated carbocycles. The van der Waals surface area contributed by atoms with Crippen LogP contribution in [-0.4, -0.2) is 243 Å². The van der Waals surface area contributed by atoms with Crippen molar-refractivity contribution in [3.63, 3.8) is 0 Å². The number of anilines is 2. The summed E-state index contributed by atoms with van der Waals surface area (Å²) in [6.45, 7) is 20.6. The highest BCUT2D eigenvalue weighted by Crippen LogP contribution is 2.34. The summed E-state index contributed by atoms with van der Waals surface area (Å²) in [6.07, 6.45) is -3.47. The Kier molecular flexibility index (Phi) is 23.3. The fraction of sp³-hybridized carbons (Fsp3) is 0.667. The van der Waals surface area contributed by atoms with Crippen LogP contribution in [0.25, 0.3) is 22.3 Å². The summed E-state index contributed by atoms with van der Waals surface area (Å²) >= 11 is 2.15. The van der Waals surface area contributed by atoms with Crippen molar-refractivity contribution in [1.29, 1.82) is 0 Å². The van der Waals surface area contributed by atoms with E-state index in [1.807, 2.05) is 3.11 Å². The average Bonchev–Trinajstić information content (AvgIpc) is 4.37. The fourth-order valence-corrected chi connectivity index (χ4v) is 9.67. The third-order valence-corrected chi connectivity index (χ3v) is 14.5. The maximum Gasteiger partial charge on any atom is 0.314 e. The van der Waals surface area contributed by atoms with E-state index in [1.54, 1.807) is 21.0 Å². The van der Waals surface area contributed by atoms with Gasteiger partial charge >= 0.3 is 6.03 Å². The number of likely N-dealkylation sites (tertiary alicyclic amines) is 1. The monoisotopic (exact) mass is 1230 g/mol. The second kappa shape index (κ2) is 29.5. The van der Waals surface area contributed by atoms with Gasteiger partial charge in [-0.05, 0) is 60.5 Å². The number of fused-ring (bicyclic) bond motifs is 2. The first-order valence-corrected chi connectivity index (χ1v) is 27.5. The molecule has 3 aliphatic rings. The number of hydrogen-bond donors (Lipinski definition) is 13. The van der Waals surface area contributed by atoms with Crippen LogP contribution in [-0.2, 0) is 14.3 Å². The Morgan fingerprint density at radius 1 is 0.709 bits per heavy atom. The molecule has 0 spiro atoms. The number of halogens is 1. The zero-order valence-electron chi connectivity index (χ0n) is 45.7. The van der Waals surface area contributed by atoms with Crippen LogP contribution in [0.1, 0.15) is 93.3 Å². The maximum atomic E-state index is 13.0. The van der Waals surface area contributed by atoms with Crippen LogP contribution in [0.4, 0.5) is 16.4 Å². The molecule has 0 bridgehead atoms. The molecule has 5 amide bonds. The number of nitrogens with one attached hydrogen (secondary N) is 8. The molecule has 79 heavy (non-hydrogen) atoms. The number of piperidine rings is 1. The van der Waals surface area contributed by atoms with Crippen molar-refractivity contribution in [3.8, 4) is 0 Å². The fourth-order valence-electron chi connectivity index (χ4n) is 9.26. The number of carbonyl (C=O) groups excluding carboxylic acids is 4. The first-order valence-electron chi connectivity index (χ1n) is 26.5. The molecule has 7 heterocycles. The normalized spacial score (nSPS) is 22.2. The zero-order chi connectivity index (χ0) is 57.5. The standard InChI is InChI=1S/C25H39IN10O5.C23H39N9O6.4H2/c1-4-28-23(39)19-17(37)18(38)25(41-19)35-14-31-16-20(27-3)32-21(33-22(16)35)24(40)30-9-13-36(26)15(2)29-8-12-34-10-6-5-7-11-34;1-12(2)31(13(3)4)9-8-27-23(37)26-7-6-25-21(36)19-29-18(24-5)15-20(30-19)32(11-28-15)22-17(35)16(34)14(10-33)38-22;;;;/h14,17-19,25,29,37-38H,2,4-13H2,1,3H3,(H,28,39)(H,30,40)(H,27,32,33);11-14,16-17,22,33-35H,6-10H2,1-5H3,(H,25,36)(H,24,29,30)(H2,26,27,37);4*1H/t17-,18+,19-,25+;14-,16-,17-,22-;;;;/m01..../s1. The first-order chi connectivity index (χ1) is 37.8. The number of likely N-dealkylation sites (N-methyl/N-ethyl adjacent to an activating group) is 1. The van der Waals surface area contributed by atoms with Gasteiger partial charge in [0.05, 0.1) is 42.1 Å². The van der Waals surface area contributed by atoms with Crippen LogP contribution in [0.2, 0.25) is 0 Å². The number of nitrogens with zero attached hydrogens (tertiary/aromatic N) is 11. The number of carbonyl (C=O) groups is 4. The Balaban J connectivity index is 0.000000542. The molecule has 8 atom stereocenters. The highest BCUT2D eigenvalue weighted by molar-refractivity contribution is 14.1. The van der Waals surface area contributed by atoms with E-state index >= 15 is 0 Å². The Bertz CT molecular complexity index is 2690. The highest BCUT2D eigenvalue weighted by Gasteiger charge is 2.48. The van der Waals surface area contributed by atoms with Gasteiger partial charge in [0.2, 0.25) is 11.6 Å². The van der Waals surface area contributed by atoms with Gasteiger partial charge in [-0.2, -0.15) is 0 Å². The van der Waals surface area contributed by atoms with Crippen molar-refractivity contribution in [3.05, 3.63) is 36.7 Å². The van der Waals surface area contributed by atoms with Gasteiger partial charge in [-0.3, -0.25) is 31.5 Å². The van der Waals surface area contributed by atoms with E-state index < -0.39 is 73.4 Å². The zero-order valence-corrected chi connectivity index (χ0v) is 47.9. The molecule has 31 heteroatoms. The molecule has 0 aromatic carbocycles. The lowest BCUT2D eigenvalue weighted by atomic mass is 10.1.